The van der Waals surface area contributed by atoms with Gasteiger partial charge < -0.3 is 20.7 Å². The highest BCUT2D eigenvalue weighted by atomic mass is 16.5. The van der Waals surface area contributed by atoms with Gasteiger partial charge in [-0.1, -0.05) is 0 Å². The van der Waals surface area contributed by atoms with E-state index in [0.717, 1.165) is 87.0 Å². The average Bonchev–Trinajstić information content (AvgIpc) is 3.27. The third-order valence-corrected chi connectivity index (χ3v) is 7.11. The maximum absolute atomic E-state index is 6.34. The molecule has 1 atom stereocenters. The molecule has 8 heteroatoms. The maximum atomic E-state index is 6.34. The van der Waals surface area contributed by atoms with E-state index in [2.05, 4.69) is 41.3 Å². The quantitative estimate of drug-likeness (QED) is 0.535. The standard InChI is InChI=1S/C26H37N7O/c1-18(2)33-26-21(16-29-33)7-8-24(31-26)30-25-14-23(32-11-3-4-22(27)17-32)20(15-28-25)6-5-19-9-12-34-13-10-19/h7-8,14-16,18-19,22H,3-6,9-13,17,27H2,1-2H3,(H,28,30,31)/t22-/m0/s1. The molecule has 182 valence electrons. The monoisotopic (exact) mass is 463 g/mol. The van der Waals surface area contributed by atoms with Crippen LogP contribution >= 0.6 is 0 Å². The van der Waals surface area contributed by atoms with E-state index in [1.165, 1.54) is 17.7 Å². The average molecular weight is 464 g/mol. The van der Waals surface area contributed by atoms with Crippen LogP contribution in [-0.4, -0.2) is 52.1 Å². The highest BCUT2D eigenvalue weighted by Crippen LogP contribution is 2.30. The Balaban J connectivity index is 1.39. The molecule has 3 aromatic heterocycles. The number of nitrogens with two attached hydrogens (primary N) is 1. The Morgan fingerprint density at radius 1 is 1.15 bits per heavy atom. The van der Waals surface area contributed by atoms with Crippen LogP contribution in [0.1, 0.15) is 57.6 Å². The molecule has 2 fully saturated rings. The van der Waals surface area contributed by atoms with E-state index in [1.54, 1.807) is 0 Å². The van der Waals surface area contributed by atoms with Gasteiger partial charge in [0.2, 0.25) is 0 Å². The van der Waals surface area contributed by atoms with Crippen molar-refractivity contribution in [3.05, 3.63) is 36.2 Å². The van der Waals surface area contributed by atoms with Crippen molar-refractivity contribution in [2.75, 3.05) is 36.5 Å². The molecule has 2 aliphatic heterocycles. The van der Waals surface area contributed by atoms with Crippen molar-refractivity contribution in [2.45, 2.75) is 64.5 Å². The van der Waals surface area contributed by atoms with Crippen molar-refractivity contribution in [2.24, 2.45) is 11.7 Å². The Hall–Kier alpha value is -2.71. The molecule has 0 bridgehead atoms. The Morgan fingerprint density at radius 2 is 2.00 bits per heavy atom. The highest BCUT2D eigenvalue weighted by molar-refractivity contribution is 5.77. The van der Waals surface area contributed by atoms with E-state index in [-0.39, 0.29) is 12.1 Å². The van der Waals surface area contributed by atoms with Gasteiger partial charge in [0.25, 0.3) is 0 Å². The summed E-state index contributed by atoms with van der Waals surface area (Å²) >= 11 is 0. The van der Waals surface area contributed by atoms with E-state index in [9.17, 15) is 0 Å². The number of aromatic nitrogens is 4. The lowest BCUT2D eigenvalue weighted by Gasteiger charge is -2.34. The zero-order chi connectivity index (χ0) is 23.5. The molecule has 0 unspecified atom stereocenters. The molecule has 0 saturated carbocycles. The van der Waals surface area contributed by atoms with Gasteiger partial charge >= 0.3 is 0 Å². The van der Waals surface area contributed by atoms with Gasteiger partial charge in [0.1, 0.15) is 11.6 Å². The van der Waals surface area contributed by atoms with Crippen molar-refractivity contribution in [3.8, 4) is 0 Å². The molecular formula is C26H37N7O. The molecule has 0 radical (unpaired) electrons. The van der Waals surface area contributed by atoms with Crippen LogP contribution in [-0.2, 0) is 11.2 Å². The molecule has 3 aromatic rings. The van der Waals surface area contributed by atoms with Crippen LogP contribution in [0.4, 0.5) is 17.3 Å². The predicted octanol–water partition coefficient (Wildman–Crippen LogP) is 4.44. The molecule has 2 saturated heterocycles. The summed E-state index contributed by atoms with van der Waals surface area (Å²) in [7, 11) is 0. The van der Waals surface area contributed by atoms with Gasteiger partial charge in [-0.2, -0.15) is 5.10 Å². The third kappa shape index (κ3) is 5.18. The molecule has 5 rings (SSSR count). The first-order valence-corrected chi connectivity index (χ1v) is 12.8. The number of aryl methyl sites for hydroxylation is 1. The predicted molar refractivity (Wildman–Crippen MR) is 137 cm³/mol. The lowest BCUT2D eigenvalue weighted by molar-refractivity contribution is 0.0640. The van der Waals surface area contributed by atoms with Crippen LogP contribution < -0.4 is 16.0 Å². The lowest BCUT2D eigenvalue weighted by Crippen LogP contribution is -2.43. The molecular weight excluding hydrogens is 426 g/mol. The molecule has 0 aliphatic carbocycles. The molecule has 2 aliphatic rings. The second-order valence-corrected chi connectivity index (χ2v) is 10.1. The summed E-state index contributed by atoms with van der Waals surface area (Å²) in [6.45, 7) is 7.96. The van der Waals surface area contributed by atoms with Crippen molar-refractivity contribution in [1.29, 1.82) is 0 Å². The number of nitrogens with one attached hydrogen (secondary N) is 1. The first-order valence-electron chi connectivity index (χ1n) is 12.8. The highest BCUT2D eigenvalue weighted by Gasteiger charge is 2.21. The fraction of sp³-hybridized carbons (Fsp3) is 0.577. The number of rotatable bonds is 7. The molecule has 5 heterocycles. The minimum absolute atomic E-state index is 0.224. The van der Waals surface area contributed by atoms with Crippen molar-refractivity contribution in [1.82, 2.24) is 19.7 Å². The normalized spacial score (nSPS) is 19.8. The van der Waals surface area contributed by atoms with Gasteiger partial charge in [-0.25, -0.2) is 14.6 Å². The zero-order valence-corrected chi connectivity index (χ0v) is 20.4. The van der Waals surface area contributed by atoms with Gasteiger partial charge in [-0.05, 0) is 76.0 Å². The smallest absolute Gasteiger partial charge is 0.160 e. The second kappa shape index (κ2) is 10.3. The van der Waals surface area contributed by atoms with Gasteiger partial charge in [0, 0.05) is 61.7 Å². The van der Waals surface area contributed by atoms with Crippen LogP contribution in [0, 0.1) is 5.92 Å². The SMILES string of the molecule is CC(C)n1ncc2ccc(Nc3cc(N4CCC[C@H](N)C4)c(CCC4CCOCC4)cn3)nc21. The summed E-state index contributed by atoms with van der Waals surface area (Å²) in [5.41, 5.74) is 9.80. The van der Waals surface area contributed by atoms with Crippen molar-refractivity contribution in [3.63, 3.8) is 0 Å². The molecule has 8 nitrogen and oxygen atoms in total. The van der Waals surface area contributed by atoms with Crippen LogP contribution in [0.5, 0.6) is 0 Å². The fourth-order valence-corrected chi connectivity index (χ4v) is 5.15. The molecule has 0 aromatic carbocycles. The van der Waals surface area contributed by atoms with E-state index >= 15 is 0 Å². The van der Waals surface area contributed by atoms with E-state index in [4.69, 9.17) is 20.4 Å². The van der Waals surface area contributed by atoms with Crippen LogP contribution in [0.25, 0.3) is 11.0 Å². The molecule has 3 N–H and O–H groups in total. The molecule has 0 amide bonds. The number of hydrogen-bond acceptors (Lipinski definition) is 7. The summed E-state index contributed by atoms with van der Waals surface area (Å²) in [5, 5.41) is 8.96. The number of ether oxygens (including phenoxy) is 1. The summed E-state index contributed by atoms with van der Waals surface area (Å²) in [4.78, 5) is 12.1. The number of hydrogen-bond donors (Lipinski definition) is 2. The summed E-state index contributed by atoms with van der Waals surface area (Å²) in [6.07, 6.45) is 10.7. The van der Waals surface area contributed by atoms with Gasteiger partial charge in [0.15, 0.2) is 5.65 Å². The van der Waals surface area contributed by atoms with Gasteiger partial charge in [-0.15, -0.1) is 0 Å². The van der Waals surface area contributed by atoms with E-state index < -0.39 is 0 Å². The minimum atomic E-state index is 0.224. The van der Waals surface area contributed by atoms with Gasteiger partial charge in [0.05, 0.1) is 6.20 Å². The Morgan fingerprint density at radius 3 is 2.79 bits per heavy atom. The Kier molecular flexibility index (Phi) is 6.97. The number of fused-ring (bicyclic) bond motifs is 1. The minimum Gasteiger partial charge on any atom is -0.381 e. The first kappa shape index (κ1) is 23.1. The number of anilines is 3. The summed E-state index contributed by atoms with van der Waals surface area (Å²) in [6, 6.07) is 6.71. The first-order chi connectivity index (χ1) is 16.6. The Labute approximate surface area is 201 Å². The molecule has 34 heavy (non-hydrogen) atoms. The van der Waals surface area contributed by atoms with E-state index in [1.807, 2.05) is 23.1 Å². The number of piperidine rings is 1. The van der Waals surface area contributed by atoms with Gasteiger partial charge in [-0.3, -0.25) is 0 Å². The van der Waals surface area contributed by atoms with Crippen LogP contribution in [0.2, 0.25) is 0 Å². The zero-order valence-electron chi connectivity index (χ0n) is 20.4. The largest absolute Gasteiger partial charge is 0.381 e. The third-order valence-electron chi connectivity index (χ3n) is 7.11. The summed E-state index contributed by atoms with van der Waals surface area (Å²) < 4.78 is 7.49. The fourth-order valence-electron chi connectivity index (χ4n) is 5.15. The van der Waals surface area contributed by atoms with E-state index in [0.29, 0.717) is 0 Å². The summed E-state index contributed by atoms with van der Waals surface area (Å²) in [5.74, 6) is 2.33. The van der Waals surface area contributed by atoms with Crippen LogP contribution in [0.15, 0.2) is 30.6 Å². The van der Waals surface area contributed by atoms with Crippen molar-refractivity contribution >= 4 is 28.4 Å². The van der Waals surface area contributed by atoms with Crippen molar-refractivity contribution < 1.29 is 4.74 Å². The lowest BCUT2D eigenvalue weighted by atomic mass is 9.92. The topological polar surface area (TPSA) is 94.1 Å². The van der Waals surface area contributed by atoms with Crippen LogP contribution in [0.3, 0.4) is 0 Å². The number of pyridine rings is 2. The molecule has 0 spiro atoms. The maximum Gasteiger partial charge on any atom is 0.160 e. The Bertz CT molecular complexity index is 1110. The number of nitrogens with zero attached hydrogens (tertiary/aromatic N) is 5. The second-order valence-electron chi connectivity index (χ2n) is 10.1.